The van der Waals surface area contributed by atoms with Crippen molar-refractivity contribution in [3.8, 4) is 0 Å². The number of carbonyl (C=O) groups is 3. The number of hydrogen-bond donors (Lipinski definition) is 2. The average Bonchev–Trinajstić information content (AvgIpc) is 2.90. The van der Waals surface area contributed by atoms with Gasteiger partial charge in [-0.25, -0.2) is 4.98 Å². The smallest absolute Gasteiger partial charge is 0.315 e. The average molecular weight is 282 g/mol. The van der Waals surface area contributed by atoms with Gasteiger partial charge < -0.3 is 10.6 Å². The second kappa shape index (κ2) is 5.79. The van der Waals surface area contributed by atoms with Gasteiger partial charge in [-0.2, -0.15) is 0 Å². The number of thiazole rings is 1. The van der Waals surface area contributed by atoms with Gasteiger partial charge in [0.05, 0.1) is 0 Å². The van der Waals surface area contributed by atoms with E-state index < -0.39 is 11.8 Å². The number of nitrogens with zero attached hydrogens (tertiary/aromatic N) is 2. The number of amides is 3. The highest BCUT2D eigenvalue weighted by Crippen LogP contribution is 2.17. The van der Waals surface area contributed by atoms with Crippen molar-refractivity contribution >= 4 is 34.2 Å². The van der Waals surface area contributed by atoms with Crippen LogP contribution in [0, 0.1) is 5.92 Å². The van der Waals surface area contributed by atoms with Gasteiger partial charge in [-0.3, -0.25) is 19.7 Å². The first kappa shape index (κ1) is 13.5. The summed E-state index contributed by atoms with van der Waals surface area (Å²) < 4.78 is 0. The number of likely N-dealkylation sites (tertiary alicyclic amines) is 1. The molecular formula is C11H14N4O3S. The Balaban J connectivity index is 1.87. The van der Waals surface area contributed by atoms with E-state index in [1.165, 1.54) is 16.2 Å². The van der Waals surface area contributed by atoms with Crippen LogP contribution in [0.4, 0.5) is 5.13 Å². The topological polar surface area (TPSA) is 105 Å². The monoisotopic (exact) mass is 282 g/mol. The lowest BCUT2D eigenvalue weighted by atomic mass is 9.96. The van der Waals surface area contributed by atoms with Gasteiger partial charge in [-0.15, -0.1) is 11.3 Å². The van der Waals surface area contributed by atoms with Gasteiger partial charge in [-0.05, 0) is 12.8 Å². The molecule has 0 aromatic carbocycles. The third kappa shape index (κ3) is 3.28. The van der Waals surface area contributed by atoms with Gasteiger partial charge in [0.2, 0.25) is 5.91 Å². The van der Waals surface area contributed by atoms with Crippen LogP contribution in [0.5, 0.6) is 0 Å². The Kier molecular flexibility index (Phi) is 4.10. The fourth-order valence-electron chi connectivity index (χ4n) is 1.95. The van der Waals surface area contributed by atoms with E-state index in [9.17, 15) is 14.4 Å². The summed E-state index contributed by atoms with van der Waals surface area (Å²) in [7, 11) is 0. The highest BCUT2D eigenvalue weighted by atomic mass is 32.1. The summed E-state index contributed by atoms with van der Waals surface area (Å²) in [6.45, 7) is 0.745. The Hall–Kier alpha value is -1.96. The largest absolute Gasteiger partial charge is 0.369 e. The van der Waals surface area contributed by atoms with Crippen molar-refractivity contribution in [2.75, 3.05) is 18.4 Å². The minimum Gasteiger partial charge on any atom is -0.369 e. The molecule has 0 atom stereocenters. The third-order valence-corrected chi connectivity index (χ3v) is 3.72. The molecule has 0 spiro atoms. The van der Waals surface area contributed by atoms with Crippen LogP contribution >= 0.6 is 11.3 Å². The molecule has 1 aliphatic rings. The Morgan fingerprint density at radius 3 is 2.58 bits per heavy atom. The molecule has 3 amide bonds. The van der Waals surface area contributed by atoms with Gasteiger partial charge >= 0.3 is 11.8 Å². The molecule has 0 bridgehead atoms. The first-order valence-electron chi connectivity index (χ1n) is 5.87. The van der Waals surface area contributed by atoms with Crippen LogP contribution in [0.25, 0.3) is 0 Å². The van der Waals surface area contributed by atoms with Crippen molar-refractivity contribution in [3.63, 3.8) is 0 Å². The molecule has 1 aliphatic heterocycles. The predicted octanol–water partition coefficient (Wildman–Crippen LogP) is -0.195. The van der Waals surface area contributed by atoms with E-state index >= 15 is 0 Å². The van der Waals surface area contributed by atoms with E-state index in [2.05, 4.69) is 10.3 Å². The number of nitrogens with one attached hydrogen (secondary N) is 1. The van der Waals surface area contributed by atoms with Crippen LogP contribution in [0.15, 0.2) is 11.6 Å². The molecule has 0 saturated carbocycles. The maximum absolute atomic E-state index is 11.9. The molecule has 2 heterocycles. The summed E-state index contributed by atoms with van der Waals surface area (Å²) in [5, 5.41) is 4.54. The Morgan fingerprint density at radius 2 is 2.05 bits per heavy atom. The zero-order chi connectivity index (χ0) is 13.8. The number of piperidine rings is 1. The predicted molar refractivity (Wildman–Crippen MR) is 69.2 cm³/mol. The summed E-state index contributed by atoms with van der Waals surface area (Å²) in [6, 6.07) is 0. The molecule has 1 aromatic rings. The number of aromatic nitrogens is 1. The lowest BCUT2D eigenvalue weighted by Crippen LogP contribution is -2.46. The molecule has 3 N–H and O–H groups in total. The van der Waals surface area contributed by atoms with Crippen LogP contribution in [0.2, 0.25) is 0 Å². The van der Waals surface area contributed by atoms with Gasteiger partial charge in [0.1, 0.15) is 0 Å². The SMILES string of the molecule is NC(=O)C1CCN(C(=O)C(=O)Nc2nccs2)CC1. The molecule has 0 unspecified atom stereocenters. The van der Waals surface area contributed by atoms with Crippen molar-refractivity contribution in [3.05, 3.63) is 11.6 Å². The van der Waals surface area contributed by atoms with E-state index in [1.807, 2.05) is 0 Å². The number of nitrogens with two attached hydrogens (primary N) is 1. The molecule has 7 nitrogen and oxygen atoms in total. The summed E-state index contributed by atoms with van der Waals surface area (Å²) in [6.07, 6.45) is 2.56. The van der Waals surface area contributed by atoms with Gasteiger partial charge in [0.15, 0.2) is 5.13 Å². The van der Waals surface area contributed by atoms with Gasteiger partial charge in [0, 0.05) is 30.6 Å². The van der Waals surface area contributed by atoms with Crippen LogP contribution in [-0.4, -0.2) is 40.7 Å². The first-order valence-corrected chi connectivity index (χ1v) is 6.75. The number of primary amides is 1. The van der Waals surface area contributed by atoms with Crippen molar-refractivity contribution in [1.29, 1.82) is 0 Å². The number of rotatable bonds is 2. The third-order valence-electron chi connectivity index (χ3n) is 3.03. The van der Waals surface area contributed by atoms with Crippen LogP contribution in [0.3, 0.4) is 0 Å². The molecule has 19 heavy (non-hydrogen) atoms. The molecule has 1 aromatic heterocycles. The maximum atomic E-state index is 11.9. The lowest BCUT2D eigenvalue weighted by molar-refractivity contribution is -0.144. The zero-order valence-corrected chi connectivity index (χ0v) is 11.0. The Bertz CT molecular complexity index is 480. The minimum absolute atomic E-state index is 0.203. The Labute approximate surface area is 113 Å². The summed E-state index contributed by atoms with van der Waals surface area (Å²) >= 11 is 1.24. The number of anilines is 1. The van der Waals surface area contributed by atoms with Crippen molar-refractivity contribution in [1.82, 2.24) is 9.88 Å². The minimum atomic E-state index is -0.701. The quantitative estimate of drug-likeness (QED) is 0.733. The molecule has 0 radical (unpaired) electrons. The molecule has 8 heteroatoms. The molecular weight excluding hydrogens is 268 g/mol. The molecule has 102 valence electrons. The van der Waals surface area contributed by atoms with Gasteiger partial charge in [-0.1, -0.05) is 0 Å². The number of hydrogen-bond acceptors (Lipinski definition) is 5. The normalized spacial score (nSPS) is 16.1. The highest BCUT2D eigenvalue weighted by Gasteiger charge is 2.29. The van der Waals surface area contributed by atoms with Crippen LogP contribution in [0.1, 0.15) is 12.8 Å². The Morgan fingerprint density at radius 1 is 1.37 bits per heavy atom. The molecule has 2 rings (SSSR count). The van der Waals surface area contributed by atoms with E-state index in [0.717, 1.165) is 0 Å². The van der Waals surface area contributed by atoms with E-state index in [1.54, 1.807) is 11.6 Å². The second-order valence-corrected chi connectivity index (χ2v) is 5.15. The molecule has 1 saturated heterocycles. The van der Waals surface area contributed by atoms with Crippen molar-refractivity contribution in [2.45, 2.75) is 12.8 Å². The van der Waals surface area contributed by atoms with E-state index in [0.29, 0.717) is 31.1 Å². The van der Waals surface area contributed by atoms with Crippen LogP contribution < -0.4 is 11.1 Å². The zero-order valence-electron chi connectivity index (χ0n) is 10.2. The van der Waals surface area contributed by atoms with E-state index in [4.69, 9.17) is 5.73 Å². The second-order valence-electron chi connectivity index (χ2n) is 4.26. The van der Waals surface area contributed by atoms with Crippen LogP contribution in [-0.2, 0) is 14.4 Å². The summed E-state index contributed by atoms with van der Waals surface area (Å²) in [4.78, 5) is 39.9. The summed E-state index contributed by atoms with van der Waals surface area (Å²) in [5.74, 6) is -1.85. The fraction of sp³-hybridized carbons (Fsp3) is 0.455. The van der Waals surface area contributed by atoms with Crippen molar-refractivity contribution < 1.29 is 14.4 Å². The maximum Gasteiger partial charge on any atom is 0.315 e. The standard InChI is InChI=1S/C11H14N4O3S/c12-8(16)7-1-4-15(5-2-7)10(18)9(17)14-11-13-3-6-19-11/h3,6-7H,1-2,4-5H2,(H2,12,16)(H,13,14,17). The number of carbonyl (C=O) groups excluding carboxylic acids is 3. The fourth-order valence-corrected chi connectivity index (χ4v) is 2.47. The molecule has 1 fully saturated rings. The van der Waals surface area contributed by atoms with E-state index in [-0.39, 0.29) is 11.8 Å². The van der Waals surface area contributed by atoms with Crippen molar-refractivity contribution in [2.24, 2.45) is 11.7 Å². The molecule has 0 aliphatic carbocycles. The highest BCUT2D eigenvalue weighted by molar-refractivity contribution is 7.13. The first-order chi connectivity index (χ1) is 9.08. The van der Waals surface area contributed by atoms with Gasteiger partial charge in [0.25, 0.3) is 0 Å². The summed E-state index contributed by atoms with van der Waals surface area (Å²) in [5.41, 5.74) is 5.21. The lowest BCUT2D eigenvalue weighted by Gasteiger charge is -2.29.